The Morgan fingerprint density at radius 2 is 0.618 bits per heavy atom. The van der Waals surface area contributed by atoms with Gasteiger partial charge in [-0.1, -0.05) is 139 Å². The van der Waals surface area contributed by atoms with Gasteiger partial charge in [-0.3, -0.25) is 0 Å². The molecule has 0 nitrogen and oxygen atoms in total. The van der Waals surface area contributed by atoms with Crippen LogP contribution in [-0.4, -0.2) is 40.3 Å². The van der Waals surface area contributed by atoms with E-state index >= 15 is 0 Å². The molecular weight excluding hydrogens is 573 g/mol. The van der Waals surface area contributed by atoms with Gasteiger partial charge in [0.25, 0.3) is 0 Å². The van der Waals surface area contributed by atoms with Crippen LogP contribution in [0.5, 0.6) is 0 Å². The van der Waals surface area contributed by atoms with Crippen LogP contribution in [0.2, 0.25) is 55.9 Å². The third-order valence-electron chi connectivity index (χ3n) is 9.80. The standard InChI is InChI=1S/C27H63BrSi6/c1-22(2)16-30(17-23(3)4)33(28)31(18-24(5)6,19-25(7)8)34(30,29(13,14)15)32(33,20-26(9)10)21-27(11)12/h22-27H,16-21H2,1-15H3. The van der Waals surface area contributed by atoms with Crippen molar-refractivity contribution in [3.8, 4) is 0 Å². The zero-order chi connectivity index (χ0) is 26.7. The average Bonchev–Trinajstić information content (AvgIpc) is 2.56. The van der Waals surface area contributed by atoms with Gasteiger partial charge in [-0.05, 0) is 35.5 Å². The number of halogens is 1. The second-order valence-electron chi connectivity index (χ2n) is 16.5. The minimum Gasteiger partial charge on any atom is -0.137 e. The van der Waals surface area contributed by atoms with Crippen LogP contribution in [0.3, 0.4) is 0 Å². The lowest BCUT2D eigenvalue weighted by molar-refractivity contribution is 0.676. The molecule has 0 aromatic rings. The van der Waals surface area contributed by atoms with Crippen LogP contribution >= 0.6 is 15.3 Å². The average molecular weight is 636 g/mol. The highest BCUT2D eigenvalue weighted by Crippen LogP contribution is 2.82. The van der Waals surface area contributed by atoms with Gasteiger partial charge in [0, 0.05) is 35.1 Å². The maximum absolute atomic E-state index is 5.28. The van der Waals surface area contributed by atoms with Gasteiger partial charge < -0.3 is 0 Å². The van der Waals surface area contributed by atoms with Crippen LogP contribution in [0.15, 0.2) is 0 Å². The number of rotatable bonds is 13. The van der Waals surface area contributed by atoms with E-state index in [1.165, 1.54) is 0 Å². The van der Waals surface area contributed by atoms with Crippen molar-refractivity contribution in [2.24, 2.45) is 35.5 Å². The molecule has 7 heteroatoms. The molecule has 0 saturated carbocycles. The Kier molecular flexibility index (Phi) is 9.79. The summed E-state index contributed by atoms with van der Waals surface area (Å²) in [6.45, 7) is 40.3. The molecule has 3 rings (SSSR count). The molecule has 3 saturated heterocycles. The topological polar surface area (TPSA) is 0 Å². The Morgan fingerprint density at radius 1 is 0.441 bits per heavy atom. The summed E-state index contributed by atoms with van der Waals surface area (Å²) in [5.41, 5.74) is 0. The summed E-state index contributed by atoms with van der Waals surface area (Å²) in [5.74, 6) is 5.55. The first-order chi connectivity index (χ1) is 15.2. The fourth-order valence-corrected chi connectivity index (χ4v) is 491. The lowest BCUT2D eigenvalue weighted by Crippen LogP contribution is -3.33. The van der Waals surface area contributed by atoms with E-state index < -0.39 is 40.3 Å². The maximum atomic E-state index is 5.28. The van der Waals surface area contributed by atoms with Gasteiger partial charge in [-0.15, -0.1) is 15.3 Å². The molecular formula is C27H63BrSi6. The Hall–Kier alpha value is 1.78. The molecule has 0 unspecified atom stereocenters. The zero-order valence-electron chi connectivity index (χ0n) is 26.1. The minimum absolute atomic E-state index is 0.924. The third-order valence-corrected chi connectivity index (χ3v) is 238. The third kappa shape index (κ3) is 4.04. The predicted molar refractivity (Wildman–Crippen MR) is 179 cm³/mol. The summed E-state index contributed by atoms with van der Waals surface area (Å²) in [5, 5.41) is -1.38. The van der Waals surface area contributed by atoms with E-state index in [1.807, 2.05) is 0 Å². The predicted octanol–water partition coefficient (Wildman–Crippen LogP) is 9.97. The van der Waals surface area contributed by atoms with E-state index in [2.05, 4.69) is 103 Å². The van der Waals surface area contributed by atoms with Gasteiger partial charge in [0.05, 0.1) is 0 Å². The number of hydrogen-bond acceptors (Lipinski definition) is 0. The second kappa shape index (κ2) is 10.4. The van der Waals surface area contributed by atoms with Gasteiger partial charge >= 0.3 is 0 Å². The van der Waals surface area contributed by atoms with Crippen LogP contribution in [0.25, 0.3) is 0 Å². The molecule has 202 valence electrons. The summed E-state index contributed by atoms with van der Waals surface area (Å²) in [6, 6.07) is 10.4. The molecule has 3 heterocycles. The van der Waals surface area contributed by atoms with Crippen molar-refractivity contribution in [3.05, 3.63) is 0 Å². The van der Waals surface area contributed by atoms with E-state index in [1.54, 1.807) is 36.3 Å². The molecule has 0 amide bonds. The van der Waals surface area contributed by atoms with Gasteiger partial charge in [-0.25, -0.2) is 0 Å². The van der Waals surface area contributed by atoms with E-state index in [0.29, 0.717) is 0 Å². The van der Waals surface area contributed by atoms with Crippen molar-refractivity contribution in [2.75, 3.05) is 0 Å². The molecule has 2 bridgehead atoms. The van der Waals surface area contributed by atoms with Crippen LogP contribution in [0, 0.1) is 35.5 Å². The maximum Gasteiger partial charge on any atom is 0.100 e. The summed E-state index contributed by atoms with van der Waals surface area (Å²) in [7, 11) is -4.99. The molecule has 0 aliphatic carbocycles. The van der Waals surface area contributed by atoms with Crippen molar-refractivity contribution in [3.63, 3.8) is 0 Å². The first-order valence-electron chi connectivity index (χ1n) is 14.9. The van der Waals surface area contributed by atoms with Gasteiger partial charge in [0.2, 0.25) is 0 Å². The van der Waals surface area contributed by atoms with E-state index in [0.717, 1.165) is 35.5 Å². The molecule has 0 radical (unpaired) electrons. The minimum atomic E-state index is -1.38. The van der Waals surface area contributed by atoms with Gasteiger partial charge in [-0.2, -0.15) is 0 Å². The monoisotopic (exact) mass is 634 g/mol. The molecule has 34 heavy (non-hydrogen) atoms. The Labute approximate surface area is 228 Å². The highest BCUT2D eigenvalue weighted by molar-refractivity contribution is 9.36. The van der Waals surface area contributed by atoms with Crippen LogP contribution in [0.1, 0.15) is 83.1 Å². The molecule has 3 aliphatic rings. The fraction of sp³-hybridized carbons (Fsp3) is 1.00. The van der Waals surface area contributed by atoms with Crippen molar-refractivity contribution in [1.29, 1.82) is 0 Å². The molecule has 0 aromatic heterocycles. The Balaban J connectivity index is 3.06. The van der Waals surface area contributed by atoms with Crippen molar-refractivity contribution >= 4 is 55.6 Å². The van der Waals surface area contributed by atoms with Gasteiger partial charge in [0.15, 0.2) is 0 Å². The van der Waals surface area contributed by atoms with Gasteiger partial charge in [0.1, 0.15) is 5.25 Å². The largest absolute Gasteiger partial charge is 0.137 e. The molecule has 3 fully saturated rings. The fourth-order valence-electron chi connectivity index (χ4n) is 11.7. The Bertz CT molecular complexity index is 595. The van der Waals surface area contributed by atoms with Crippen molar-refractivity contribution < 1.29 is 0 Å². The van der Waals surface area contributed by atoms with E-state index in [-0.39, 0.29) is 0 Å². The van der Waals surface area contributed by atoms with Crippen molar-refractivity contribution in [1.82, 2.24) is 0 Å². The highest BCUT2D eigenvalue weighted by atomic mass is 79.9. The molecule has 0 atom stereocenters. The summed E-state index contributed by atoms with van der Waals surface area (Å²) in [6.07, 6.45) is -1.27. The molecule has 3 aliphatic heterocycles. The second-order valence-corrected chi connectivity index (χ2v) is 98.4. The molecule has 0 aromatic carbocycles. The summed E-state index contributed by atoms with van der Waals surface area (Å²) in [4.78, 5) is 0. The lowest BCUT2D eigenvalue weighted by Gasteiger charge is -3.01. The molecule has 0 N–H and O–H groups in total. The highest BCUT2D eigenvalue weighted by Gasteiger charge is 3.08. The quantitative estimate of drug-likeness (QED) is 0.140. The SMILES string of the molecule is CC(C)C[Si]1(CC(C)C)[Si]2(Br)[Si](CC(C)C)(CC(C)C)[Si]1([Si](C)(C)C)[Si]2(CC(C)C)CC(C)C. The van der Waals surface area contributed by atoms with E-state index in [9.17, 15) is 0 Å². The van der Waals surface area contributed by atoms with Crippen molar-refractivity contribution in [2.45, 2.75) is 139 Å². The first-order valence-corrected chi connectivity index (χ1v) is 38.9. The summed E-state index contributed by atoms with van der Waals surface area (Å²) < 4.78 is 0. The summed E-state index contributed by atoms with van der Waals surface area (Å²) >= 11 is 5.28. The Morgan fingerprint density at radius 3 is 0.735 bits per heavy atom. The lowest BCUT2D eigenvalue weighted by atomic mass is 10.3. The van der Waals surface area contributed by atoms with Crippen LogP contribution in [-0.2, 0) is 0 Å². The first kappa shape index (κ1) is 32.0. The van der Waals surface area contributed by atoms with Crippen LogP contribution < -0.4 is 0 Å². The smallest absolute Gasteiger partial charge is 0.100 e. The molecule has 0 spiro atoms. The number of hydrogen-bond donors (Lipinski definition) is 0. The zero-order valence-corrected chi connectivity index (χ0v) is 33.7. The van der Waals surface area contributed by atoms with E-state index in [4.69, 9.17) is 15.3 Å². The normalized spacial score (nSPS) is 29.5. The van der Waals surface area contributed by atoms with Crippen LogP contribution in [0.4, 0.5) is 0 Å².